The molecule has 0 fully saturated rings. The van der Waals surface area contributed by atoms with E-state index in [-0.39, 0.29) is 33.3 Å². The van der Waals surface area contributed by atoms with Gasteiger partial charge in [0.05, 0.1) is 15.5 Å². The normalized spacial score (nSPS) is 10.6. The van der Waals surface area contributed by atoms with Crippen molar-refractivity contribution in [3.05, 3.63) is 74.7 Å². The van der Waals surface area contributed by atoms with Crippen LogP contribution in [-0.2, 0) is 0 Å². The van der Waals surface area contributed by atoms with Crippen molar-refractivity contribution in [1.29, 1.82) is 0 Å². The van der Waals surface area contributed by atoms with Gasteiger partial charge in [-0.2, -0.15) is 0 Å². The average molecular weight is 376 g/mol. The van der Waals surface area contributed by atoms with E-state index < -0.39 is 16.6 Å². The monoisotopic (exact) mass is 375 g/mol. The Hall–Kier alpha value is -3.26. The number of hydrogen-bond acceptors (Lipinski definition) is 5. The molecule has 9 heteroatoms. The van der Waals surface area contributed by atoms with Gasteiger partial charge in [0.15, 0.2) is 0 Å². The highest BCUT2D eigenvalue weighted by Gasteiger charge is 2.25. The number of anilines is 1. The maximum atomic E-state index is 14.2. The van der Waals surface area contributed by atoms with Crippen molar-refractivity contribution in [3.8, 4) is 11.3 Å². The molecule has 132 valence electrons. The van der Waals surface area contributed by atoms with Gasteiger partial charge in [0.25, 0.3) is 11.6 Å². The number of aryl methyl sites for hydroxylation is 1. The number of halogens is 2. The number of carbonyl (C=O) groups is 1. The summed E-state index contributed by atoms with van der Waals surface area (Å²) in [5.41, 5.74) is 0.176. The van der Waals surface area contributed by atoms with Gasteiger partial charge in [0.2, 0.25) is 0 Å². The molecular formula is C17H11ClFN3O4. The smallest absolute Gasteiger partial charge is 0.269 e. The van der Waals surface area contributed by atoms with Crippen LogP contribution in [0.15, 0.2) is 47.0 Å². The molecule has 1 aromatic heterocycles. The fraction of sp³-hybridized carbons (Fsp3) is 0.0588. The van der Waals surface area contributed by atoms with Crippen molar-refractivity contribution >= 4 is 28.9 Å². The molecule has 0 saturated carbocycles. The number of nitro groups is 1. The van der Waals surface area contributed by atoms with E-state index in [0.29, 0.717) is 5.69 Å². The third-order valence-corrected chi connectivity index (χ3v) is 3.94. The third kappa shape index (κ3) is 3.27. The Balaban J connectivity index is 1.96. The summed E-state index contributed by atoms with van der Waals surface area (Å²) in [7, 11) is 0. The lowest BCUT2D eigenvalue weighted by atomic mass is 10.0. The standard InChI is InChI=1S/C17H11ClFN3O4/c1-9-14(16(21-26-9)15-12(18)3-2-4-13(15)19)17(23)20-10-5-7-11(8-6-10)22(24)25/h2-8H,1H3,(H,20,23). The lowest BCUT2D eigenvalue weighted by Crippen LogP contribution is -2.13. The average Bonchev–Trinajstić information content (AvgIpc) is 2.96. The zero-order valence-electron chi connectivity index (χ0n) is 13.3. The van der Waals surface area contributed by atoms with Crippen LogP contribution in [0.2, 0.25) is 5.02 Å². The molecule has 0 spiro atoms. The Bertz CT molecular complexity index is 981. The van der Waals surface area contributed by atoms with Crippen LogP contribution in [0.3, 0.4) is 0 Å². The first-order valence-corrected chi connectivity index (χ1v) is 7.72. The molecule has 1 amide bonds. The summed E-state index contributed by atoms with van der Waals surface area (Å²) >= 11 is 6.04. The van der Waals surface area contributed by atoms with Crippen LogP contribution in [-0.4, -0.2) is 16.0 Å². The molecule has 2 aromatic carbocycles. The van der Waals surface area contributed by atoms with E-state index >= 15 is 0 Å². The van der Waals surface area contributed by atoms with Crippen LogP contribution >= 0.6 is 11.6 Å². The minimum Gasteiger partial charge on any atom is -0.360 e. The predicted octanol–water partition coefficient (Wildman–Crippen LogP) is 4.60. The van der Waals surface area contributed by atoms with Crippen molar-refractivity contribution in [2.45, 2.75) is 6.92 Å². The second kappa shape index (κ2) is 6.93. The Kier molecular flexibility index (Phi) is 4.68. The van der Waals surface area contributed by atoms with Gasteiger partial charge >= 0.3 is 0 Å². The number of hydrogen-bond donors (Lipinski definition) is 1. The molecule has 7 nitrogen and oxygen atoms in total. The molecule has 0 aliphatic rings. The first-order chi connectivity index (χ1) is 12.4. The number of nitrogens with zero attached hydrogens (tertiary/aromatic N) is 2. The molecule has 3 rings (SSSR count). The first-order valence-electron chi connectivity index (χ1n) is 7.35. The van der Waals surface area contributed by atoms with E-state index in [0.717, 1.165) is 0 Å². The second-order valence-electron chi connectivity index (χ2n) is 5.32. The van der Waals surface area contributed by atoms with E-state index in [2.05, 4.69) is 10.5 Å². The maximum Gasteiger partial charge on any atom is 0.269 e. The topological polar surface area (TPSA) is 98.3 Å². The maximum absolute atomic E-state index is 14.2. The summed E-state index contributed by atoms with van der Waals surface area (Å²) in [5, 5.41) is 17.1. The van der Waals surface area contributed by atoms with Crippen LogP contribution in [0, 0.1) is 22.9 Å². The van der Waals surface area contributed by atoms with E-state index in [9.17, 15) is 19.3 Å². The van der Waals surface area contributed by atoms with Crippen LogP contribution in [0.25, 0.3) is 11.3 Å². The van der Waals surface area contributed by atoms with Crippen molar-refractivity contribution < 1.29 is 18.6 Å². The summed E-state index contributed by atoms with van der Waals surface area (Å²) < 4.78 is 19.2. The highest BCUT2D eigenvalue weighted by atomic mass is 35.5. The zero-order chi connectivity index (χ0) is 18.8. The Labute approximate surface area is 151 Å². The number of non-ortho nitro benzene ring substituents is 1. The molecule has 3 aromatic rings. The van der Waals surface area contributed by atoms with Crippen LogP contribution in [0.5, 0.6) is 0 Å². The van der Waals surface area contributed by atoms with Gasteiger partial charge in [-0.05, 0) is 31.2 Å². The number of rotatable bonds is 4. The predicted molar refractivity (Wildman–Crippen MR) is 92.7 cm³/mol. The van der Waals surface area contributed by atoms with Gasteiger partial charge in [-0.1, -0.05) is 22.8 Å². The van der Waals surface area contributed by atoms with Gasteiger partial charge in [0, 0.05) is 17.8 Å². The summed E-state index contributed by atoms with van der Waals surface area (Å²) in [4.78, 5) is 22.8. The van der Waals surface area contributed by atoms with Gasteiger partial charge in [-0.15, -0.1) is 0 Å². The van der Waals surface area contributed by atoms with Gasteiger partial charge in [-0.3, -0.25) is 14.9 Å². The highest BCUT2D eigenvalue weighted by molar-refractivity contribution is 6.33. The fourth-order valence-electron chi connectivity index (χ4n) is 2.39. The number of aromatic nitrogens is 1. The number of carbonyl (C=O) groups excluding carboxylic acids is 1. The molecule has 26 heavy (non-hydrogen) atoms. The second-order valence-corrected chi connectivity index (χ2v) is 5.72. The highest BCUT2D eigenvalue weighted by Crippen LogP contribution is 2.33. The SMILES string of the molecule is Cc1onc(-c2c(F)cccc2Cl)c1C(=O)Nc1ccc([N+](=O)[O-])cc1. The third-order valence-electron chi connectivity index (χ3n) is 3.63. The summed E-state index contributed by atoms with van der Waals surface area (Å²) in [6, 6.07) is 9.38. The quantitative estimate of drug-likeness (QED) is 0.530. The van der Waals surface area contributed by atoms with Crippen LogP contribution in [0.1, 0.15) is 16.1 Å². The van der Waals surface area contributed by atoms with Gasteiger partial charge in [0.1, 0.15) is 22.8 Å². The summed E-state index contributed by atoms with van der Waals surface area (Å²) in [6.45, 7) is 1.51. The largest absolute Gasteiger partial charge is 0.360 e. The Morgan fingerprint density at radius 2 is 1.96 bits per heavy atom. The summed E-state index contributed by atoms with van der Waals surface area (Å²) in [6.07, 6.45) is 0. The molecule has 0 aliphatic carbocycles. The van der Waals surface area contributed by atoms with Gasteiger partial charge < -0.3 is 9.84 Å². The van der Waals surface area contributed by atoms with E-state index in [4.69, 9.17) is 16.1 Å². The molecule has 0 bridgehead atoms. The van der Waals surface area contributed by atoms with E-state index in [1.165, 1.54) is 49.4 Å². The Morgan fingerprint density at radius 3 is 2.58 bits per heavy atom. The molecule has 0 radical (unpaired) electrons. The number of benzene rings is 2. The molecule has 0 aliphatic heterocycles. The first kappa shape index (κ1) is 17.6. The van der Waals surface area contributed by atoms with Crippen LogP contribution in [0.4, 0.5) is 15.8 Å². The van der Waals surface area contributed by atoms with Gasteiger partial charge in [-0.25, -0.2) is 4.39 Å². The minimum absolute atomic E-state index is 0.0231. The zero-order valence-corrected chi connectivity index (χ0v) is 14.1. The Morgan fingerprint density at radius 1 is 1.27 bits per heavy atom. The van der Waals surface area contributed by atoms with Crippen LogP contribution < -0.4 is 5.32 Å². The van der Waals surface area contributed by atoms with Crippen molar-refractivity contribution in [2.24, 2.45) is 0 Å². The minimum atomic E-state index is -0.643. The van der Waals surface area contributed by atoms with Crippen molar-refractivity contribution in [1.82, 2.24) is 5.16 Å². The fourth-order valence-corrected chi connectivity index (χ4v) is 2.65. The molecular weight excluding hydrogens is 365 g/mol. The summed E-state index contributed by atoms with van der Waals surface area (Å²) in [5.74, 6) is -1.07. The lowest BCUT2D eigenvalue weighted by molar-refractivity contribution is -0.384. The molecule has 1 heterocycles. The molecule has 0 saturated heterocycles. The lowest BCUT2D eigenvalue weighted by Gasteiger charge is -2.07. The number of nitro benzene ring substituents is 1. The molecule has 0 atom stereocenters. The molecule has 0 unspecified atom stereocenters. The molecule has 1 N–H and O–H groups in total. The van der Waals surface area contributed by atoms with Crippen molar-refractivity contribution in [3.63, 3.8) is 0 Å². The number of amides is 1. The van der Waals surface area contributed by atoms with Crippen molar-refractivity contribution in [2.75, 3.05) is 5.32 Å². The number of nitrogens with one attached hydrogen (secondary N) is 1. The van der Waals surface area contributed by atoms with E-state index in [1.54, 1.807) is 0 Å². The van der Waals surface area contributed by atoms with E-state index in [1.807, 2.05) is 0 Å².